The Morgan fingerprint density at radius 1 is 1.03 bits per heavy atom. The molecule has 2 aromatic carbocycles. The Hall–Kier alpha value is -3.68. The van der Waals surface area contributed by atoms with Gasteiger partial charge in [0.1, 0.15) is 11.4 Å². The Bertz CT molecular complexity index is 1060. The number of rotatable bonds is 5. The molecular weight excluding hydrogens is 437 g/mol. The number of halogens is 1. The lowest BCUT2D eigenvalue weighted by molar-refractivity contribution is -0.130. The maximum atomic E-state index is 14.1. The number of piperidine rings is 1. The first-order valence-electron chi connectivity index (χ1n) is 11.2. The van der Waals surface area contributed by atoms with Gasteiger partial charge in [-0.2, -0.15) is 0 Å². The molecule has 3 amide bonds. The summed E-state index contributed by atoms with van der Waals surface area (Å²) in [7, 11) is 0. The first kappa shape index (κ1) is 25.0. The Labute approximate surface area is 199 Å². The van der Waals surface area contributed by atoms with E-state index >= 15 is 0 Å². The Kier molecular flexibility index (Phi) is 8.04. The SMILES string of the molecule is CC(C)(C)OC(=O)Nc1cc(NC(=O)C2CCN(C(=O)/C=C/c3ccccc3)CC2)ccc1F. The topological polar surface area (TPSA) is 87.7 Å². The van der Waals surface area contributed by atoms with E-state index in [1.165, 1.54) is 18.2 Å². The molecule has 0 radical (unpaired) electrons. The molecule has 2 N–H and O–H groups in total. The van der Waals surface area contributed by atoms with E-state index in [1.54, 1.807) is 37.8 Å². The predicted molar refractivity (Wildman–Crippen MR) is 130 cm³/mol. The van der Waals surface area contributed by atoms with Crippen molar-refractivity contribution in [3.05, 3.63) is 66.0 Å². The zero-order valence-corrected chi connectivity index (χ0v) is 19.6. The molecule has 1 aliphatic rings. The maximum Gasteiger partial charge on any atom is 0.412 e. The highest BCUT2D eigenvalue weighted by Crippen LogP contribution is 2.24. The summed E-state index contributed by atoms with van der Waals surface area (Å²) in [5, 5.41) is 5.14. The van der Waals surface area contributed by atoms with Gasteiger partial charge in [0.15, 0.2) is 0 Å². The van der Waals surface area contributed by atoms with Crippen molar-refractivity contribution < 1.29 is 23.5 Å². The highest BCUT2D eigenvalue weighted by molar-refractivity contribution is 5.95. The quantitative estimate of drug-likeness (QED) is 0.602. The van der Waals surface area contributed by atoms with E-state index in [9.17, 15) is 18.8 Å². The molecule has 0 bridgehead atoms. The number of nitrogens with zero attached hydrogens (tertiary/aromatic N) is 1. The molecule has 0 atom stereocenters. The van der Waals surface area contributed by atoms with Gasteiger partial charge in [-0.25, -0.2) is 9.18 Å². The van der Waals surface area contributed by atoms with E-state index in [4.69, 9.17) is 4.74 Å². The zero-order valence-electron chi connectivity index (χ0n) is 19.6. The molecular formula is C26H30FN3O4. The largest absolute Gasteiger partial charge is 0.444 e. The number of ether oxygens (including phenoxy) is 1. The second kappa shape index (κ2) is 11.0. The van der Waals surface area contributed by atoms with Gasteiger partial charge in [0, 0.05) is 30.8 Å². The van der Waals surface area contributed by atoms with Gasteiger partial charge in [-0.1, -0.05) is 30.3 Å². The minimum atomic E-state index is -0.784. The van der Waals surface area contributed by atoms with Crippen LogP contribution in [0.1, 0.15) is 39.2 Å². The van der Waals surface area contributed by atoms with Crippen LogP contribution in [0.4, 0.5) is 20.6 Å². The Morgan fingerprint density at radius 3 is 2.35 bits per heavy atom. The lowest BCUT2D eigenvalue weighted by Crippen LogP contribution is -2.40. The van der Waals surface area contributed by atoms with Crippen molar-refractivity contribution >= 4 is 35.4 Å². The number of nitrogens with one attached hydrogen (secondary N) is 2. The number of hydrogen-bond acceptors (Lipinski definition) is 4. The van der Waals surface area contributed by atoms with Crippen LogP contribution < -0.4 is 10.6 Å². The highest BCUT2D eigenvalue weighted by Gasteiger charge is 2.27. The van der Waals surface area contributed by atoms with E-state index in [0.717, 1.165) is 5.56 Å². The minimum absolute atomic E-state index is 0.0842. The van der Waals surface area contributed by atoms with Crippen LogP contribution in [0.25, 0.3) is 6.08 Å². The fourth-order valence-corrected chi connectivity index (χ4v) is 3.56. The fraction of sp³-hybridized carbons (Fsp3) is 0.346. The smallest absolute Gasteiger partial charge is 0.412 e. The van der Waals surface area contributed by atoms with Crippen LogP contribution in [0.15, 0.2) is 54.6 Å². The van der Waals surface area contributed by atoms with Crippen molar-refractivity contribution in [2.45, 2.75) is 39.2 Å². The van der Waals surface area contributed by atoms with Crippen LogP contribution >= 0.6 is 0 Å². The molecule has 1 heterocycles. The molecule has 34 heavy (non-hydrogen) atoms. The molecule has 2 aromatic rings. The van der Waals surface area contributed by atoms with Crippen molar-refractivity contribution in [2.24, 2.45) is 5.92 Å². The van der Waals surface area contributed by atoms with Gasteiger partial charge >= 0.3 is 6.09 Å². The Balaban J connectivity index is 1.52. The zero-order chi connectivity index (χ0) is 24.7. The van der Waals surface area contributed by atoms with Crippen molar-refractivity contribution in [3.63, 3.8) is 0 Å². The number of hydrogen-bond donors (Lipinski definition) is 2. The van der Waals surface area contributed by atoms with Crippen LogP contribution in [-0.2, 0) is 14.3 Å². The summed E-state index contributed by atoms with van der Waals surface area (Å²) in [6.07, 6.45) is 3.60. The lowest BCUT2D eigenvalue weighted by Gasteiger charge is -2.30. The van der Waals surface area contributed by atoms with Crippen LogP contribution in [0.5, 0.6) is 0 Å². The van der Waals surface area contributed by atoms with Gasteiger partial charge in [-0.3, -0.25) is 14.9 Å². The third-order valence-electron chi connectivity index (χ3n) is 5.26. The predicted octanol–water partition coefficient (Wildman–Crippen LogP) is 5.06. The van der Waals surface area contributed by atoms with Crippen molar-refractivity contribution in [3.8, 4) is 0 Å². The van der Waals surface area contributed by atoms with E-state index in [0.29, 0.717) is 31.6 Å². The molecule has 0 aromatic heterocycles. The summed E-state index contributed by atoms with van der Waals surface area (Å²) < 4.78 is 19.3. The number of carbonyl (C=O) groups is 3. The van der Waals surface area contributed by atoms with Gasteiger partial charge in [0.25, 0.3) is 0 Å². The highest BCUT2D eigenvalue weighted by atomic mass is 19.1. The first-order chi connectivity index (χ1) is 16.1. The average molecular weight is 468 g/mol. The number of benzene rings is 2. The normalized spacial score (nSPS) is 14.6. The molecule has 0 spiro atoms. The number of carbonyl (C=O) groups excluding carboxylic acids is 3. The standard InChI is InChI=1S/C26H30FN3O4/c1-26(2,3)34-25(33)29-22-17-20(10-11-21(22)27)28-24(32)19-13-15-30(16-14-19)23(31)12-9-18-7-5-4-6-8-18/h4-12,17,19H,13-16H2,1-3H3,(H,28,32)(H,29,33)/b12-9+. The van der Waals surface area contributed by atoms with E-state index in [-0.39, 0.29) is 23.4 Å². The summed E-state index contributed by atoms with van der Waals surface area (Å²) in [4.78, 5) is 38.8. The molecule has 0 unspecified atom stereocenters. The van der Waals surface area contributed by atoms with Crippen molar-refractivity contribution in [2.75, 3.05) is 23.7 Å². The summed E-state index contributed by atoms with van der Waals surface area (Å²) in [5.41, 5.74) is 0.504. The maximum absolute atomic E-state index is 14.1. The minimum Gasteiger partial charge on any atom is -0.444 e. The molecule has 1 saturated heterocycles. The molecule has 7 nitrogen and oxygen atoms in total. The van der Waals surface area contributed by atoms with Crippen LogP contribution in [0.2, 0.25) is 0 Å². The third-order valence-corrected chi connectivity index (χ3v) is 5.26. The summed E-state index contributed by atoms with van der Waals surface area (Å²) >= 11 is 0. The molecule has 180 valence electrons. The van der Waals surface area contributed by atoms with Crippen LogP contribution in [0.3, 0.4) is 0 Å². The molecule has 1 aliphatic heterocycles. The lowest BCUT2D eigenvalue weighted by atomic mass is 9.95. The third kappa shape index (κ3) is 7.43. The average Bonchev–Trinajstić information content (AvgIpc) is 2.79. The molecule has 3 rings (SSSR count). The first-order valence-corrected chi connectivity index (χ1v) is 11.2. The van der Waals surface area contributed by atoms with E-state index in [2.05, 4.69) is 10.6 Å². The van der Waals surface area contributed by atoms with Crippen molar-refractivity contribution in [1.29, 1.82) is 0 Å². The molecule has 8 heteroatoms. The van der Waals surface area contributed by atoms with Gasteiger partial charge in [0.2, 0.25) is 11.8 Å². The summed E-state index contributed by atoms with van der Waals surface area (Å²) in [5.74, 6) is -1.20. The van der Waals surface area contributed by atoms with E-state index < -0.39 is 17.5 Å². The van der Waals surface area contributed by atoms with Gasteiger partial charge in [-0.05, 0) is 63.5 Å². The monoisotopic (exact) mass is 467 g/mol. The van der Waals surface area contributed by atoms with Crippen LogP contribution in [-0.4, -0.2) is 41.5 Å². The second-order valence-corrected chi connectivity index (χ2v) is 9.15. The Morgan fingerprint density at radius 2 is 1.71 bits per heavy atom. The van der Waals surface area contributed by atoms with Crippen molar-refractivity contribution in [1.82, 2.24) is 4.90 Å². The number of likely N-dealkylation sites (tertiary alicyclic amines) is 1. The number of amides is 3. The van der Waals surface area contributed by atoms with Gasteiger partial charge < -0.3 is 15.0 Å². The summed E-state index contributed by atoms with van der Waals surface area (Å²) in [6, 6.07) is 13.5. The molecule has 1 fully saturated rings. The molecule has 0 saturated carbocycles. The van der Waals surface area contributed by atoms with Gasteiger partial charge in [-0.15, -0.1) is 0 Å². The number of anilines is 2. The fourth-order valence-electron chi connectivity index (χ4n) is 3.56. The molecule has 0 aliphatic carbocycles. The van der Waals surface area contributed by atoms with E-state index in [1.807, 2.05) is 30.3 Å². The second-order valence-electron chi connectivity index (χ2n) is 9.15. The van der Waals surface area contributed by atoms with Gasteiger partial charge in [0.05, 0.1) is 5.69 Å². The van der Waals surface area contributed by atoms with Crippen LogP contribution in [0, 0.1) is 11.7 Å². The summed E-state index contributed by atoms with van der Waals surface area (Å²) in [6.45, 7) is 6.07.